The minimum absolute atomic E-state index is 0.281. The first-order valence-electron chi connectivity index (χ1n) is 9.26. The van der Waals surface area contributed by atoms with Crippen LogP contribution in [0.2, 0.25) is 0 Å². The number of carbonyl (C=O) groups excluding carboxylic acids is 2. The first kappa shape index (κ1) is 18.4. The third-order valence-corrected chi connectivity index (χ3v) is 5.44. The van der Waals surface area contributed by atoms with Gasteiger partial charge in [-0.3, -0.25) is 4.79 Å². The Morgan fingerprint density at radius 1 is 1.43 bits per heavy atom. The zero-order valence-electron chi connectivity index (χ0n) is 16.3. The molecule has 2 aromatic heterocycles. The lowest BCUT2D eigenvalue weighted by atomic mass is 9.86. The molecule has 0 saturated heterocycles. The van der Waals surface area contributed by atoms with E-state index in [-0.39, 0.29) is 5.69 Å². The molecule has 2 aliphatic carbocycles. The SMILES string of the molecule is COC(=O)C(NC(=O)c1nn(-c2c[n+]([O-])ccn2)c2c1C[C@H]1C[C@@H]21)C(C)(C)C. The predicted octanol–water partition coefficient (Wildman–Crippen LogP) is 0.878. The van der Waals surface area contributed by atoms with E-state index in [1.807, 2.05) is 20.8 Å². The number of rotatable bonds is 4. The van der Waals surface area contributed by atoms with E-state index < -0.39 is 23.3 Å². The van der Waals surface area contributed by atoms with Crippen molar-refractivity contribution in [2.45, 2.75) is 45.6 Å². The van der Waals surface area contributed by atoms with Crippen LogP contribution in [0.5, 0.6) is 0 Å². The maximum atomic E-state index is 13.0. The molecule has 148 valence electrons. The molecule has 0 radical (unpaired) electrons. The number of nitrogens with one attached hydrogen (secondary N) is 1. The lowest BCUT2D eigenvalue weighted by Gasteiger charge is -2.28. The molecule has 2 heterocycles. The van der Waals surface area contributed by atoms with Crippen LogP contribution in [0.25, 0.3) is 5.82 Å². The van der Waals surface area contributed by atoms with Crippen molar-refractivity contribution in [3.63, 3.8) is 0 Å². The van der Waals surface area contributed by atoms with Gasteiger partial charge < -0.3 is 15.3 Å². The average Bonchev–Trinajstić information content (AvgIpc) is 3.13. The molecule has 0 aromatic carbocycles. The Morgan fingerprint density at radius 2 is 2.18 bits per heavy atom. The zero-order valence-corrected chi connectivity index (χ0v) is 16.3. The fourth-order valence-corrected chi connectivity index (χ4v) is 3.89. The lowest BCUT2D eigenvalue weighted by Crippen LogP contribution is -2.49. The van der Waals surface area contributed by atoms with E-state index in [0.717, 1.165) is 24.1 Å². The first-order valence-corrected chi connectivity index (χ1v) is 9.26. The molecule has 0 aliphatic heterocycles. The monoisotopic (exact) mass is 385 g/mol. The number of esters is 1. The number of ether oxygens (including phenoxy) is 1. The van der Waals surface area contributed by atoms with Crippen LogP contribution in [0.15, 0.2) is 18.6 Å². The number of nitrogens with zero attached hydrogens (tertiary/aromatic N) is 4. The third kappa shape index (κ3) is 3.00. The summed E-state index contributed by atoms with van der Waals surface area (Å²) in [6, 6.07) is -0.805. The van der Waals surface area contributed by atoms with E-state index in [0.29, 0.717) is 22.4 Å². The largest absolute Gasteiger partial charge is 0.619 e. The minimum atomic E-state index is -0.805. The quantitative estimate of drug-likeness (QED) is 0.475. The Kier molecular flexibility index (Phi) is 4.13. The van der Waals surface area contributed by atoms with Crippen molar-refractivity contribution in [1.29, 1.82) is 0 Å². The standard InChI is InChI=1S/C19H23N5O4/c1-19(2,3)16(18(26)28-4)21-17(25)14-12-8-10-7-11(10)15(12)24(22-14)13-9-23(27)6-5-20-13/h5-6,9-11,16H,7-8H2,1-4H3,(H,21,25)/t10-,11-,16?/m1/s1. The molecule has 1 saturated carbocycles. The minimum Gasteiger partial charge on any atom is -0.619 e. The van der Waals surface area contributed by atoms with Gasteiger partial charge in [-0.15, -0.1) is 0 Å². The zero-order chi connectivity index (χ0) is 20.2. The highest BCUT2D eigenvalue weighted by Gasteiger charge is 2.50. The lowest BCUT2D eigenvalue weighted by molar-refractivity contribution is -0.605. The van der Waals surface area contributed by atoms with Gasteiger partial charge in [0.05, 0.1) is 19.0 Å². The average molecular weight is 385 g/mol. The van der Waals surface area contributed by atoms with Crippen LogP contribution in [0.4, 0.5) is 0 Å². The Labute approximate surface area is 162 Å². The van der Waals surface area contributed by atoms with E-state index in [1.54, 1.807) is 4.68 Å². The Balaban J connectivity index is 1.71. The third-order valence-electron chi connectivity index (χ3n) is 5.44. The van der Waals surface area contributed by atoms with E-state index in [1.165, 1.54) is 25.7 Å². The summed E-state index contributed by atoms with van der Waals surface area (Å²) in [6.45, 7) is 5.57. The highest BCUT2D eigenvalue weighted by atomic mass is 16.5. The molecule has 1 N–H and O–H groups in total. The molecule has 28 heavy (non-hydrogen) atoms. The van der Waals surface area contributed by atoms with Gasteiger partial charge >= 0.3 is 5.97 Å². The summed E-state index contributed by atoms with van der Waals surface area (Å²) in [5.74, 6) is 0.295. The van der Waals surface area contributed by atoms with E-state index in [2.05, 4.69) is 15.4 Å². The topological polar surface area (TPSA) is 113 Å². The number of hydrogen-bond acceptors (Lipinski definition) is 6. The van der Waals surface area contributed by atoms with E-state index in [4.69, 9.17) is 4.74 Å². The normalized spacial score (nSPS) is 20.9. The van der Waals surface area contributed by atoms with Gasteiger partial charge in [0, 0.05) is 11.5 Å². The van der Waals surface area contributed by atoms with Gasteiger partial charge in [0.2, 0.25) is 12.0 Å². The van der Waals surface area contributed by atoms with Crippen LogP contribution < -0.4 is 10.0 Å². The molecule has 2 aromatic rings. The molecule has 9 nitrogen and oxygen atoms in total. The van der Waals surface area contributed by atoms with Gasteiger partial charge in [0.1, 0.15) is 6.04 Å². The van der Waals surface area contributed by atoms with Gasteiger partial charge in [-0.25, -0.2) is 14.5 Å². The number of carbonyl (C=O) groups is 2. The van der Waals surface area contributed by atoms with Crippen LogP contribution in [0, 0.1) is 16.5 Å². The summed E-state index contributed by atoms with van der Waals surface area (Å²) >= 11 is 0. The van der Waals surface area contributed by atoms with Crippen LogP contribution in [0.3, 0.4) is 0 Å². The summed E-state index contributed by atoms with van der Waals surface area (Å²) in [4.78, 5) is 29.4. The molecule has 0 spiro atoms. The first-order chi connectivity index (χ1) is 13.2. The number of amides is 1. The molecular weight excluding hydrogens is 362 g/mol. The fourth-order valence-electron chi connectivity index (χ4n) is 3.89. The van der Waals surface area contributed by atoms with Gasteiger partial charge in [0.15, 0.2) is 11.9 Å². The molecule has 1 fully saturated rings. The second-order valence-electron chi connectivity index (χ2n) is 8.50. The van der Waals surface area contributed by atoms with Crippen molar-refractivity contribution < 1.29 is 19.1 Å². The Bertz CT molecular complexity index is 962. The van der Waals surface area contributed by atoms with Gasteiger partial charge in [-0.2, -0.15) is 9.83 Å². The van der Waals surface area contributed by atoms with E-state index >= 15 is 0 Å². The molecule has 1 unspecified atom stereocenters. The second-order valence-corrected chi connectivity index (χ2v) is 8.50. The fraction of sp³-hybridized carbons (Fsp3) is 0.526. The number of methoxy groups -OCH3 is 1. The highest BCUT2D eigenvalue weighted by Crippen LogP contribution is 2.57. The van der Waals surface area contributed by atoms with Gasteiger partial charge in [-0.05, 0) is 24.2 Å². The molecule has 2 aliphatic rings. The molecule has 1 amide bonds. The number of hydrogen-bond donors (Lipinski definition) is 1. The second kappa shape index (κ2) is 6.29. The van der Waals surface area contributed by atoms with Crippen molar-refractivity contribution in [2.75, 3.05) is 7.11 Å². The summed E-state index contributed by atoms with van der Waals surface area (Å²) in [6.07, 6.45) is 5.85. The molecule has 3 atom stereocenters. The van der Waals surface area contributed by atoms with Crippen molar-refractivity contribution in [2.24, 2.45) is 11.3 Å². The van der Waals surface area contributed by atoms with Crippen LogP contribution in [-0.2, 0) is 16.0 Å². The van der Waals surface area contributed by atoms with Crippen molar-refractivity contribution in [3.05, 3.63) is 40.7 Å². The van der Waals surface area contributed by atoms with Gasteiger partial charge in [-0.1, -0.05) is 20.8 Å². The van der Waals surface area contributed by atoms with Crippen LogP contribution >= 0.6 is 0 Å². The van der Waals surface area contributed by atoms with Gasteiger partial charge in [0.25, 0.3) is 5.91 Å². The smallest absolute Gasteiger partial charge is 0.328 e. The Morgan fingerprint density at radius 3 is 2.82 bits per heavy atom. The molecule has 0 bridgehead atoms. The van der Waals surface area contributed by atoms with E-state index in [9.17, 15) is 14.8 Å². The molecular formula is C19H23N5O4. The Hall–Kier alpha value is -2.97. The predicted molar refractivity (Wildman–Crippen MR) is 97.6 cm³/mol. The maximum Gasteiger partial charge on any atom is 0.328 e. The molecule has 9 heteroatoms. The summed E-state index contributed by atoms with van der Waals surface area (Å²) in [5.41, 5.74) is 1.58. The van der Waals surface area contributed by atoms with Crippen molar-refractivity contribution in [1.82, 2.24) is 20.1 Å². The van der Waals surface area contributed by atoms with Crippen LogP contribution in [0.1, 0.15) is 54.9 Å². The number of aromatic nitrogens is 4. The van der Waals surface area contributed by atoms with Crippen molar-refractivity contribution >= 4 is 11.9 Å². The summed E-state index contributed by atoms with van der Waals surface area (Å²) < 4.78 is 7.11. The summed E-state index contributed by atoms with van der Waals surface area (Å²) in [5, 5.41) is 18.9. The van der Waals surface area contributed by atoms with Crippen molar-refractivity contribution in [3.8, 4) is 5.82 Å². The van der Waals surface area contributed by atoms with Crippen LogP contribution in [-0.4, -0.2) is 39.8 Å². The highest BCUT2D eigenvalue weighted by molar-refractivity contribution is 5.97. The summed E-state index contributed by atoms with van der Waals surface area (Å²) in [7, 11) is 1.30. The number of fused-ring (bicyclic) bond motifs is 3. The maximum absolute atomic E-state index is 13.0. The molecule has 4 rings (SSSR count).